The summed E-state index contributed by atoms with van der Waals surface area (Å²) in [5.41, 5.74) is 0.920. The summed E-state index contributed by atoms with van der Waals surface area (Å²) in [7, 11) is 0. The fraction of sp³-hybridized carbons (Fsp3) is 0.744. The van der Waals surface area contributed by atoms with E-state index in [4.69, 9.17) is 28.4 Å². The van der Waals surface area contributed by atoms with E-state index in [1.165, 1.54) is 0 Å². The fourth-order valence-corrected chi connectivity index (χ4v) is 5.57. The van der Waals surface area contributed by atoms with Gasteiger partial charge in [0.1, 0.15) is 5.75 Å². The van der Waals surface area contributed by atoms with E-state index in [9.17, 15) is 24.0 Å². The van der Waals surface area contributed by atoms with Crippen LogP contribution < -0.4 is 4.74 Å². The van der Waals surface area contributed by atoms with Crippen LogP contribution in [-0.4, -0.2) is 143 Å². The smallest absolute Gasteiger partial charge is 0.320 e. The van der Waals surface area contributed by atoms with Crippen LogP contribution in [0.2, 0.25) is 0 Å². The molecule has 14 heteroatoms. The van der Waals surface area contributed by atoms with Crippen molar-refractivity contribution in [3.63, 3.8) is 0 Å². The molecule has 0 radical (unpaired) electrons. The van der Waals surface area contributed by atoms with Crippen LogP contribution in [0.5, 0.6) is 5.75 Å². The Morgan fingerprint density at radius 2 is 0.842 bits per heavy atom. The van der Waals surface area contributed by atoms with Gasteiger partial charge >= 0.3 is 29.8 Å². The Labute approximate surface area is 342 Å². The Morgan fingerprint density at radius 3 is 1.21 bits per heavy atom. The van der Waals surface area contributed by atoms with Crippen LogP contribution in [0.15, 0.2) is 24.3 Å². The molecule has 0 aliphatic carbocycles. The molecule has 0 aliphatic rings. The van der Waals surface area contributed by atoms with Gasteiger partial charge in [-0.2, -0.15) is 0 Å². The largest absolute Gasteiger partial charge is 0.494 e. The predicted molar refractivity (Wildman–Crippen MR) is 219 cm³/mol. The number of esters is 5. The molecule has 326 valence electrons. The monoisotopic (exact) mass is 808 g/mol. The van der Waals surface area contributed by atoms with Gasteiger partial charge in [-0.15, -0.1) is 0 Å². The first-order valence-corrected chi connectivity index (χ1v) is 21.3. The molecular weight excluding hydrogens is 734 g/mol. The molecule has 0 saturated carbocycles. The van der Waals surface area contributed by atoms with E-state index in [-0.39, 0.29) is 85.4 Å². The molecule has 0 aliphatic heterocycles. The molecular formula is C43H73N3O11. The van der Waals surface area contributed by atoms with Gasteiger partial charge in [0.2, 0.25) is 0 Å². The summed E-state index contributed by atoms with van der Waals surface area (Å²) in [6, 6.07) is 7.13. The van der Waals surface area contributed by atoms with Crippen molar-refractivity contribution in [2.75, 3.05) is 92.0 Å². The number of unbranched alkanes of at least 4 members (excludes halogenated alkanes) is 5. The fourth-order valence-electron chi connectivity index (χ4n) is 5.57. The lowest BCUT2D eigenvalue weighted by Gasteiger charge is -2.35. The average molecular weight is 808 g/mol. The molecule has 1 rings (SSSR count). The Balaban J connectivity index is 3.57. The van der Waals surface area contributed by atoms with Gasteiger partial charge in [-0.3, -0.25) is 38.7 Å². The third-order valence-corrected chi connectivity index (χ3v) is 8.95. The maximum atomic E-state index is 13.3. The van der Waals surface area contributed by atoms with Crippen molar-refractivity contribution in [1.82, 2.24) is 14.7 Å². The quantitative estimate of drug-likeness (QED) is 0.0474. The Hall–Kier alpha value is -3.75. The van der Waals surface area contributed by atoms with Crippen molar-refractivity contribution < 1.29 is 52.4 Å². The summed E-state index contributed by atoms with van der Waals surface area (Å²) in [6.07, 6.45) is 8.29. The zero-order valence-corrected chi connectivity index (χ0v) is 35.9. The van der Waals surface area contributed by atoms with E-state index in [0.29, 0.717) is 38.0 Å². The zero-order chi connectivity index (χ0) is 42.1. The van der Waals surface area contributed by atoms with Crippen molar-refractivity contribution >= 4 is 29.8 Å². The van der Waals surface area contributed by atoms with Crippen LogP contribution >= 0.6 is 0 Å². The second-order valence-corrected chi connectivity index (χ2v) is 14.2. The van der Waals surface area contributed by atoms with Gasteiger partial charge in [-0.05, 0) is 63.1 Å². The van der Waals surface area contributed by atoms with Crippen LogP contribution in [0.4, 0.5) is 0 Å². The molecule has 0 unspecified atom stereocenters. The van der Waals surface area contributed by atoms with Crippen LogP contribution in [0, 0.1) is 0 Å². The lowest BCUT2D eigenvalue weighted by Crippen LogP contribution is -2.52. The van der Waals surface area contributed by atoms with Crippen LogP contribution in [0.25, 0.3) is 0 Å². The minimum Gasteiger partial charge on any atom is -0.494 e. The summed E-state index contributed by atoms with van der Waals surface area (Å²) >= 11 is 0. The Bertz CT molecular complexity index is 1200. The van der Waals surface area contributed by atoms with Crippen LogP contribution in [-0.2, 0) is 54.1 Å². The molecule has 0 N–H and O–H groups in total. The molecule has 0 bridgehead atoms. The second-order valence-electron chi connectivity index (χ2n) is 14.2. The SMILES string of the molecule is CCCCOC(=O)CN(CCN(CC(=O)OCCCC)C[C@H](Cc1ccc(OCC)cc1)N(CC(=O)OCCCC)CC(=O)OCCCC)CC(=O)OCCCC. The standard InChI is InChI=1S/C43H73N3O11/c1-7-13-24-53-39(47)31-44(22-23-45(32-40(48)54-25-14-8-2)33-41(49)55-26-15-9-3)30-37(29-36-18-20-38(21-19-36)52-12-6)46(34-42(50)56-27-16-10-4)35-43(51)57-28-17-11-5/h18-21,37H,7-17,22-35H2,1-6H3/t37-/m0/s1. The maximum Gasteiger partial charge on any atom is 0.320 e. The van der Waals surface area contributed by atoms with Gasteiger partial charge in [0.05, 0.1) is 72.4 Å². The van der Waals surface area contributed by atoms with Gasteiger partial charge < -0.3 is 28.4 Å². The molecule has 0 spiro atoms. The first kappa shape index (κ1) is 51.3. The average Bonchev–Trinajstić information content (AvgIpc) is 3.17. The number of carbonyl (C=O) groups excluding carboxylic acids is 5. The molecule has 0 fully saturated rings. The van der Waals surface area contributed by atoms with Crippen molar-refractivity contribution in [1.29, 1.82) is 0 Å². The summed E-state index contributed by atoms with van der Waals surface area (Å²) in [4.78, 5) is 70.8. The number of hydrogen-bond donors (Lipinski definition) is 0. The number of nitrogens with zero attached hydrogens (tertiary/aromatic N) is 3. The minimum absolute atomic E-state index is 0.102. The van der Waals surface area contributed by atoms with Gasteiger partial charge in [-0.25, -0.2) is 0 Å². The topological polar surface area (TPSA) is 150 Å². The molecule has 57 heavy (non-hydrogen) atoms. The number of benzene rings is 1. The van der Waals surface area contributed by atoms with Crippen molar-refractivity contribution in [3.8, 4) is 5.75 Å². The minimum atomic E-state index is -0.490. The lowest BCUT2D eigenvalue weighted by atomic mass is 10.0. The highest BCUT2D eigenvalue weighted by atomic mass is 16.5. The Morgan fingerprint density at radius 1 is 0.491 bits per heavy atom. The van der Waals surface area contributed by atoms with Crippen molar-refractivity contribution in [2.24, 2.45) is 0 Å². The van der Waals surface area contributed by atoms with Crippen LogP contribution in [0.3, 0.4) is 0 Å². The number of ether oxygens (including phenoxy) is 6. The van der Waals surface area contributed by atoms with E-state index in [2.05, 4.69) is 0 Å². The number of carbonyl (C=O) groups is 5. The van der Waals surface area contributed by atoms with E-state index in [1.807, 2.05) is 70.7 Å². The van der Waals surface area contributed by atoms with E-state index < -0.39 is 35.9 Å². The maximum absolute atomic E-state index is 13.3. The van der Waals surface area contributed by atoms with E-state index in [1.54, 1.807) is 9.80 Å². The van der Waals surface area contributed by atoms with Crippen LogP contribution in [0.1, 0.15) is 111 Å². The predicted octanol–water partition coefficient (Wildman–Crippen LogP) is 5.62. The summed E-state index contributed by atoms with van der Waals surface area (Å²) in [6.45, 7) is 13.8. The highest BCUT2D eigenvalue weighted by Gasteiger charge is 2.29. The van der Waals surface area contributed by atoms with Gasteiger partial charge in [0, 0.05) is 25.7 Å². The lowest BCUT2D eigenvalue weighted by molar-refractivity contribution is -0.151. The summed E-state index contributed by atoms with van der Waals surface area (Å²) < 4.78 is 33.2. The number of rotatable bonds is 35. The first-order valence-electron chi connectivity index (χ1n) is 21.3. The van der Waals surface area contributed by atoms with Crippen molar-refractivity contribution in [3.05, 3.63) is 29.8 Å². The normalized spacial score (nSPS) is 11.7. The first-order chi connectivity index (χ1) is 27.6. The van der Waals surface area contributed by atoms with E-state index in [0.717, 1.165) is 50.5 Å². The molecule has 1 aromatic rings. The summed E-state index contributed by atoms with van der Waals surface area (Å²) in [5, 5.41) is 0. The zero-order valence-electron chi connectivity index (χ0n) is 35.9. The summed E-state index contributed by atoms with van der Waals surface area (Å²) in [5.74, 6) is -1.58. The van der Waals surface area contributed by atoms with Crippen molar-refractivity contribution in [2.45, 2.75) is 118 Å². The second kappa shape index (κ2) is 33.2. The van der Waals surface area contributed by atoms with E-state index >= 15 is 0 Å². The molecule has 0 heterocycles. The van der Waals surface area contributed by atoms with Gasteiger partial charge in [0.25, 0.3) is 0 Å². The van der Waals surface area contributed by atoms with Gasteiger partial charge in [-0.1, -0.05) is 78.9 Å². The third kappa shape index (κ3) is 26.0. The highest BCUT2D eigenvalue weighted by molar-refractivity contribution is 5.76. The highest BCUT2D eigenvalue weighted by Crippen LogP contribution is 2.17. The third-order valence-electron chi connectivity index (χ3n) is 8.95. The molecule has 14 nitrogen and oxygen atoms in total. The molecule has 1 atom stereocenters. The molecule has 1 aromatic carbocycles. The molecule has 0 amide bonds. The number of hydrogen-bond acceptors (Lipinski definition) is 14. The molecule has 0 saturated heterocycles. The molecule has 0 aromatic heterocycles. The Kier molecular flexibility index (Phi) is 29.9. The van der Waals surface area contributed by atoms with Gasteiger partial charge in [0.15, 0.2) is 0 Å².